The number of carbonyl (C=O) groups excluding carboxylic acids is 1. The fraction of sp³-hybridized carbons (Fsp3) is 0.864. The van der Waals surface area contributed by atoms with E-state index in [1.807, 2.05) is 0 Å². The van der Waals surface area contributed by atoms with Gasteiger partial charge in [0.05, 0.1) is 18.8 Å². The number of allylic oxidation sites excluding steroid dienone is 1. The lowest BCUT2D eigenvalue weighted by Gasteiger charge is -2.66. The molecule has 2 N–H and O–H groups in total. The summed E-state index contributed by atoms with van der Waals surface area (Å²) in [6, 6.07) is 0. The first-order chi connectivity index (χ1) is 12.1. The standard InChI is InChI=1S/C22H34O4/c1-13-10-22-11-15(13)5-6-16(22)20(3)8-7-18(24)21(4,12-26-14(2)23)17(20)9-19(22)25/h10,15-19,24-25H,5-9,11-12H2,1-4H3/t15-,16+,17-,18-,19-,20+,21-,22+/m1/s1. The van der Waals surface area contributed by atoms with Crippen LogP contribution in [-0.4, -0.2) is 35.0 Å². The first-order valence-electron chi connectivity index (χ1n) is 10.3. The van der Waals surface area contributed by atoms with E-state index < -0.39 is 11.5 Å². The summed E-state index contributed by atoms with van der Waals surface area (Å²) < 4.78 is 5.40. The molecule has 0 aromatic rings. The first kappa shape index (κ1) is 18.5. The summed E-state index contributed by atoms with van der Waals surface area (Å²) in [6.07, 6.45) is 7.45. The van der Waals surface area contributed by atoms with Gasteiger partial charge < -0.3 is 14.9 Å². The molecule has 0 aliphatic heterocycles. The van der Waals surface area contributed by atoms with Crippen LogP contribution in [0.3, 0.4) is 0 Å². The Balaban J connectivity index is 1.73. The van der Waals surface area contributed by atoms with Crippen molar-refractivity contribution in [3.63, 3.8) is 0 Å². The molecule has 26 heavy (non-hydrogen) atoms. The quantitative estimate of drug-likeness (QED) is 0.583. The summed E-state index contributed by atoms with van der Waals surface area (Å²) in [6.45, 7) is 8.35. The molecule has 3 fully saturated rings. The number of aliphatic hydroxyl groups is 2. The van der Waals surface area contributed by atoms with E-state index in [0.29, 0.717) is 18.3 Å². The van der Waals surface area contributed by atoms with E-state index in [1.54, 1.807) is 0 Å². The van der Waals surface area contributed by atoms with Crippen molar-refractivity contribution in [2.75, 3.05) is 6.61 Å². The van der Waals surface area contributed by atoms with Crippen LogP contribution in [0.25, 0.3) is 0 Å². The molecule has 0 aromatic heterocycles. The predicted octanol–water partition coefficient (Wildman–Crippen LogP) is 3.46. The molecule has 0 heterocycles. The number of ether oxygens (including phenoxy) is 1. The van der Waals surface area contributed by atoms with Gasteiger partial charge in [-0.3, -0.25) is 4.79 Å². The third kappa shape index (κ3) is 2.30. The molecule has 4 aliphatic rings. The van der Waals surface area contributed by atoms with Crippen molar-refractivity contribution in [3.8, 4) is 0 Å². The summed E-state index contributed by atoms with van der Waals surface area (Å²) in [7, 11) is 0. The SMILES string of the molecule is CC(=O)OC[C@]1(C)[C@@H]2C[C@@H](O)[C@]34C=C(C)[C@H](CC[C@H]3[C@]2(C)CC[C@H]1O)C4. The minimum Gasteiger partial charge on any atom is -0.465 e. The van der Waals surface area contributed by atoms with Crippen LogP contribution in [0.1, 0.15) is 66.2 Å². The van der Waals surface area contributed by atoms with Crippen molar-refractivity contribution in [1.29, 1.82) is 0 Å². The second-order valence-electron chi connectivity index (χ2n) is 10.2. The fourth-order valence-electron chi connectivity index (χ4n) is 7.59. The molecule has 2 bridgehead atoms. The van der Waals surface area contributed by atoms with Crippen molar-refractivity contribution < 1.29 is 19.7 Å². The Morgan fingerprint density at radius 1 is 1.19 bits per heavy atom. The summed E-state index contributed by atoms with van der Waals surface area (Å²) in [5.41, 5.74) is 0.963. The average Bonchev–Trinajstić information content (AvgIpc) is 2.83. The van der Waals surface area contributed by atoms with Crippen molar-refractivity contribution in [2.24, 2.45) is 34.0 Å². The molecule has 146 valence electrons. The average molecular weight is 363 g/mol. The van der Waals surface area contributed by atoms with E-state index in [2.05, 4.69) is 26.8 Å². The van der Waals surface area contributed by atoms with Crippen LogP contribution in [0.2, 0.25) is 0 Å². The van der Waals surface area contributed by atoms with Crippen molar-refractivity contribution in [2.45, 2.75) is 78.4 Å². The van der Waals surface area contributed by atoms with E-state index in [4.69, 9.17) is 4.74 Å². The van der Waals surface area contributed by atoms with Gasteiger partial charge in [0.2, 0.25) is 0 Å². The van der Waals surface area contributed by atoms with Crippen LogP contribution in [0.4, 0.5) is 0 Å². The predicted molar refractivity (Wildman–Crippen MR) is 99.2 cm³/mol. The summed E-state index contributed by atoms with van der Waals surface area (Å²) >= 11 is 0. The fourth-order valence-corrected chi connectivity index (χ4v) is 7.59. The maximum absolute atomic E-state index is 11.4. The molecule has 1 spiro atoms. The molecule has 4 aliphatic carbocycles. The molecule has 4 rings (SSSR count). The van der Waals surface area contributed by atoms with Gasteiger partial charge in [0.25, 0.3) is 0 Å². The highest BCUT2D eigenvalue weighted by atomic mass is 16.5. The zero-order chi connectivity index (χ0) is 18.9. The largest absolute Gasteiger partial charge is 0.465 e. The molecular weight excluding hydrogens is 328 g/mol. The first-order valence-corrected chi connectivity index (χ1v) is 10.3. The second kappa shape index (κ2) is 5.81. The number of aliphatic hydroxyl groups excluding tert-OH is 2. The molecule has 0 aromatic carbocycles. The summed E-state index contributed by atoms with van der Waals surface area (Å²) in [4.78, 5) is 11.4. The van der Waals surface area contributed by atoms with Gasteiger partial charge in [-0.15, -0.1) is 0 Å². The van der Waals surface area contributed by atoms with Gasteiger partial charge in [-0.1, -0.05) is 25.5 Å². The monoisotopic (exact) mass is 362 g/mol. The molecule has 4 nitrogen and oxygen atoms in total. The molecule has 0 unspecified atom stereocenters. The molecule has 4 heteroatoms. The van der Waals surface area contributed by atoms with Gasteiger partial charge in [-0.2, -0.15) is 0 Å². The Labute approximate surface area is 157 Å². The Kier molecular flexibility index (Phi) is 4.13. The second-order valence-corrected chi connectivity index (χ2v) is 10.2. The third-order valence-corrected chi connectivity index (χ3v) is 8.96. The van der Waals surface area contributed by atoms with E-state index in [9.17, 15) is 15.0 Å². The zero-order valence-corrected chi connectivity index (χ0v) is 16.6. The number of carbonyl (C=O) groups is 1. The highest BCUT2D eigenvalue weighted by molar-refractivity contribution is 5.65. The topological polar surface area (TPSA) is 66.8 Å². The molecular formula is C22H34O4. The lowest BCUT2D eigenvalue weighted by Crippen LogP contribution is -2.64. The van der Waals surface area contributed by atoms with Crippen LogP contribution in [0.5, 0.6) is 0 Å². The number of rotatable bonds is 2. The van der Waals surface area contributed by atoms with E-state index in [-0.39, 0.29) is 35.4 Å². The Morgan fingerprint density at radius 2 is 1.92 bits per heavy atom. The molecule has 0 radical (unpaired) electrons. The summed E-state index contributed by atoms with van der Waals surface area (Å²) in [5.74, 6) is 0.951. The van der Waals surface area contributed by atoms with Crippen molar-refractivity contribution >= 4 is 5.97 Å². The highest BCUT2D eigenvalue weighted by Gasteiger charge is 2.67. The lowest BCUT2D eigenvalue weighted by molar-refractivity contribution is -0.224. The van der Waals surface area contributed by atoms with Crippen LogP contribution < -0.4 is 0 Å². The zero-order valence-electron chi connectivity index (χ0n) is 16.6. The van der Waals surface area contributed by atoms with Crippen molar-refractivity contribution in [3.05, 3.63) is 11.6 Å². The Bertz CT molecular complexity index is 642. The normalized spacial score (nSPS) is 52.7. The number of fused-ring (bicyclic) bond motifs is 3. The Morgan fingerprint density at radius 3 is 2.62 bits per heavy atom. The van der Waals surface area contributed by atoms with Crippen LogP contribution >= 0.6 is 0 Å². The smallest absolute Gasteiger partial charge is 0.302 e. The Hall–Kier alpha value is -0.870. The lowest BCUT2D eigenvalue weighted by atomic mass is 9.40. The third-order valence-electron chi connectivity index (χ3n) is 8.96. The van der Waals surface area contributed by atoms with Gasteiger partial charge in [0.15, 0.2) is 0 Å². The van der Waals surface area contributed by atoms with E-state index in [0.717, 1.165) is 25.7 Å². The van der Waals surface area contributed by atoms with Gasteiger partial charge in [-0.25, -0.2) is 0 Å². The number of hydrogen-bond acceptors (Lipinski definition) is 4. The van der Waals surface area contributed by atoms with Crippen LogP contribution in [0.15, 0.2) is 11.6 Å². The van der Waals surface area contributed by atoms with Gasteiger partial charge in [0.1, 0.15) is 0 Å². The minimum atomic E-state index is -0.491. The van der Waals surface area contributed by atoms with E-state index >= 15 is 0 Å². The minimum absolute atomic E-state index is 0.0689. The molecule has 3 saturated carbocycles. The van der Waals surface area contributed by atoms with Crippen molar-refractivity contribution in [1.82, 2.24) is 0 Å². The van der Waals surface area contributed by atoms with Crippen LogP contribution in [-0.2, 0) is 9.53 Å². The maximum atomic E-state index is 11.4. The molecule has 0 amide bonds. The van der Waals surface area contributed by atoms with Gasteiger partial charge in [0, 0.05) is 17.8 Å². The molecule has 0 saturated heterocycles. The van der Waals surface area contributed by atoms with Crippen LogP contribution in [0, 0.1) is 34.0 Å². The van der Waals surface area contributed by atoms with Gasteiger partial charge in [-0.05, 0) is 68.6 Å². The maximum Gasteiger partial charge on any atom is 0.302 e. The van der Waals surface area contributed by atoms with E-state index in [1.165, 1.54) is 18.9 Å². The van der Waals surface area contributed by atoms with Gasteiger partial charge >= 0.3 is 5.97 Å². The summed E-state index contributed by atoms with van der Waals surface area (Å²) in [5, 5.41) is 22.2. The molecule has 8 atom stereocenters. The number of esters is 1. The number of hydrogen-bond donors (Lipinski definition) is 2. The highest BCUT2D eigenvalue weighted by Crippen LogP contribution is 2.70.